The molecule has 0 unspecified atom stereocenters. The van der Waals surface area contributed by atoms with Gasteiger partial charge in [0.25, 0.3) is 5.91 Å². The molecule has 0 atom stereocenters. The van der Waals surface area contributed by atoms with E-state index in [2.05, 4.69) is 24.1 Å². The molecule has 0 bridgehead atoms. The van der Waals surface area contributed by atoms with E-state index in [0.29, 0.717) is 35.5 Å². The number of fused-ring (bicyclic) bond motifs is 2. The van der Waals surface area contributed by atoms with E-state index in [-0.39, 0.29) is 11.8 Å². The van der Waals surface area contributed by atoms with Crippen molar-refractivity contribution in [2.45, 2.75) is 53.0 Å². The molecular weight excluding hydrogens is 480 g/mol. The van der Waals surface area contributed by atoms with Crippen LogP contribution in [0, 0.1) is 25.5 Å². The number of carbonyl (C=O) groups is 1. The van der Waals surface area contributed by atoms with Crippen LogP contribution in [0.1, 0.15) is 74.8 Å². The maximum atomic E-state index is 14.6. The summed E-state index contributed by atoms with van der Waals surface area (Å²) in [6, 6.07) is 15.9. The Morgan fingerprint density at radius 3 is 2.34 bits per heavy atom. The first kappa shape index (κ1) is 25.6. The predicted octanol–water partition coefficient (Wildman–Crippen LogP) is 6.77. The molecule has 0 aliphatic heterocycles. The van der Waals surface area contributed by atoms with Gasteiger partial charge >= 0.3 is 0 Å². The molecule has 0 spiro atoms. The SMILES string of the molecule is Cc1cc(F)cc(F)c1-c1ccc2c(c1)Cc1cc(C(=O)NCc3c(C(C)C)cc(N)nc3C)ccc1C2. The van der Waals surface area contributed by atoms with Gasteiger partial charge < -0.3 is 11.1 Å². The van der Waals surface area contributed by atoms with Crippen LogP contribution in [0.5, 0.6) is 0 Å². The van der Waals surface area contributed by atoms with Crippen LogP contribution in [0.2, 0.25) is 0 Å². The molecule has 1 aromatic heterocycles. The Morgan fingerprint density at radius 2 is 1.63 bits per heavy atom. The first-order valence-electron chi connectivity index (χ1n) is 12.8. The molecule has 1 aliphatic carbocycles. The van der Waals surface area contributed by atoms with Gasteiger partial charge in [-0.2, -0.15) is 0 Å². The van der Waals surface area contributed by atoms with E-state index in [0.717, 1.165) is 46.0 Å². The zero-order valence-electron chi connectivity index (χ0n) is 22.1. The van der Waals surface area contributed by atoms with Crippen LogP contribution >= 0.6 is 0 Å². The lowest BCUT2D eigenvalue weighted by Gasteiger charge is -2.22. The van der Waals surface area contributed by atoms with Crippen LogP contribution in [0.3, 0.4) is 0 Å². The van der Waals surface area contributed by atoms with Gasteiger partial charge in [0, 0.05) is 29.4 Å². The number of halogens is 2. The maximum absolute atomic E-state index is 14.6. The van der Waals surface area contributed by atoms with Gasteiger partial charge in [-0.1, -0.05) is 38.1 Å². The largest absolute Gasteiger partial charge is 0.384 e. The summed E-state index contributed by atoms with van der Waals surface area (Å²) in [7, 11) is 0. The lowest BCUT2D eigenvalue weighted by atomic mass is 9.83. The summed E-state index contributed by atoms with van der Waals surface area (Å²) in [5.74, 6) is -0.555. The summed E-state index contributed by atoms with van der Waals surface area (Å²) in [5.41, 5.74) is 15.6. The number of hydrogen-bond acceptors (Lipinski definition) is 3. The number of nitrogens with zero attached hydrogens (tertiary/aromatic N) is 1. The highest BCUT2D eigenvalue weighted by molar-refractivity contribution is 5.94. The lowest BCUT2D eigenvalue weighted by molar-refractivity contribution is 0.0950. The van der Waals surface area contributed by atoms with Crippen molar-refractivity contribution in [3.63, 3.8) is 0 Å². The molecule has 38 heavy (non-hydrogen) atoms. The van der Waals surface area contributed by atoms with E-state index < -0.39 is 11.6 Å². The summed E-state index contributed by atoms with van der Waals surface area (Å²) in [4.78, 5) is 17.5. The Balaban J connectivity index is 1.38. The third-order valence-electron chi connectivity index (χ3n) is 7.41. The molecule has 1 amide bonds. The standard InChI is InChI=1S/C32H31F2N3O/c1-17(2)27-15-30(35)37-19(4)28(27)16-36-32(38)23-8-6-21-10-20-5-7-22(11-24(20)13-25(21)12-23)31-18(3)9-26(33)14-29(31)34/h5-9,11-12,14-15,17H,10,13,16H2,1-4H3,(H2,35,37)(H,36,38). The van der Waals surface area contributed by atoms with Crippen LogP contribution in [-0.2, 0) is 19.4 Å². The van der Waals surface area contributed by atoms with Crippen LogP contribution in [-0.4, -0.2) is 10.9 Å². The van der Waals surface area contributed by atoms with Gasteiger partial charge in [0.1, 0.15) is 17.5 Å². The first-order chi connectivity index (χ1) is 18.1. The number of anilines is 1. The summed E-state index contributed by atoms with van der Waals surface area (Å²) in [5, 5.41) is 3.05. The average Bonchev–Trinajstić information content (AvgIpc) is 2.85. The van der Waals surface area contributed by atoms with E-state index in [1.54, 1.807) is 6.92 Å². The number of pyridine rings is 1. The van der Waals surface area contributed by atoms with E-state index in [9.17, 15) is 13.6 Å². The molecule has 0 saturated carbocycles. The van der Waals surface area contributed by atoms with Gasteiger partial charge in [-0.05, 0) is 101 Å². The van der Waals surface area contributed by atoms with Crippen LogP contribution in [0.25, 0.3) is 11.1 Å². The van der Waals surface area contributed by atoms with Gasteiger partial charge in [0.05, 0.1) is 0 Å². The van der Waals surface area contributed by atoms with Crippen molar-refractivity contribution in [2.75, 3.05) is 5.73 Å². The van der Waals surface area contributed by atoms with Crippen molar-refractivity contribution in [3.05, 3.63) is 116 Å². The van der Waals surface area contributed by atoms with Crippen LogP contribution < -0.4 is 11.1 Å². The highest BCUT2D eigenvalue weighted by Gasteiger charge is 2.20. The molecule has 3 aromatic carbocycles. The fraction of sp³-hybridized carbons (Fsp3) is 0.250. The highest BCUT2D eigenvalue weighted by atomic mass is 19.1. The topological polar surface area (TPSA) is 68.0 Å². The van der Waals surface area contributed by atoms with Gasteiger partial charge in [-0.15, -0.1) is 0 Å². The second-order valence-electron chi connectivity index (χ2n) is 10.4. The molecule has 5 rings (SSSR count). The number of amides is 1. The van der Waals surface area contributed by atoms with Crippen molar-refractivity contribution in [2.24, 2.45) is 0 Å². The van der Waals surface area contributed by atoms with E-state index in [1.165, 1.54) is 17.2 Å². The van der Waals surface area contributed by atoms with Crippen molar-refractivity contribution < 1.29 is 13.6 Å². The molecule has 3 N–H and O–H groups in total. The van der Waals surface area contributed by atoms with E-state index in [1.807, 2.05) is 49.4 Å². The van der Waals surface area contributed by atoms with E-state index >= 15 is 0 Å². The molecule has 1 aliphatic rings. The number of carbonyl (C=O) groups excluding carboxylic acids is 1. The second-order valence-corrected chi connectivity index (χ2v) is 10.4. The second kappa shape index (κ2) is 10.0. The minimum absolute atomic E-state index is 0.151. The molecule has 4 aromatic rings. The quantitative estimate of drug-likeness (QED) is 0.274. The van der Waals surface area contributed by atoms with Gasteiger partial charge in [-0.25, -0.2) is 13.8 Å². The Labute approximate surface area is 221 Å². The number of aromatic nitrogens is 1. The minimum atomic E-state index is -0.579. The van der Waals surface area contributed by atoms with Gasteiger partial charge in [0.15, 0.2) is 0 Å². The molecule has 0 saturated heterocycles. The van der Waals surface area contributed by atoms with Crippen molar-refractivity contribution in [1.82, 2.24) is 10.3 Å². The molecule has 1 heterocycles. The number of nitrogens with one attached hydrogen (secondary N) is 1. The van der Waals surface area contributed by atoms with Crippen molar-refractivity contribution in [1.29, 1.82) is 0 Å². The summed E-state index contributed by atoms with van der Waals surface area (Å²) in [6.45, 7) is 8.19. The van der Waals surface area contributed by atoms with E-state index in [4.69, 9.17) is 5.73 Å². The fourth-order valence-electron chi connectivity index (χ4n) is 5.47. The Kier molecular flexibility index (Phi) is 6.74. The summed E-state index contributed by atoms with van der Waals surface area (Å²) in [6.07, 6.45) is 1.38. The monoisotopic (exact) mass is 511 g/mol. The van der Waals surface area contributed by atoms with Gasteiger partial charge in [0.2, 0.25) is 0 Å². The molecule has 194 valence electrons. The van der Waals surface area contributed by atoms with Gasteiger partial charge in [-0.3, -0.25) is 4.79 Å². The van der Waals surface area contributed by atoms with Crippen molar-refractivity contribution >= 4 is 11.7 Å². The van der Waals surface area contributed by atoms with Crippen molar-refractivity contribution in [3.8, 4) is 11.1 Å². The first-order valence-corrected chi connectivity index (χ1v) is 12.8. The maximum Gasteiger partial charge on any atom is 0.251 e. The number of rotatable bonds is 5. The number of nitrogen functional groups attached to an aromatic ring is 1. The summed E-state index contributed by atoms with van der Waals surface area (Å²) < 4.78 is 28.3. The number of hydrogen-bond donors (Lipinski definition) is 2. The smallest absolute Gasteiger partial charge is 0.251 e. The number of aryl methyl sites for hydroxylation is 2. The zero-order chi connectivity index (χ0) is 27.1. The zero-order valence-corrected chi connectivity index (χ0v) is 22.1. The number of nitrogens with two attached hydrogens (primary N) is 1. The number of benzene rings is 3. The highest BCUT2D eigenvalue weighted by Crippen LogP contribution is 2.34. The normalized spacial score (nSPS) is 12.3. The van der Waals surface area contributed by atoms with Crippen LogP contribution in [0.15, 0.2) is 54.6 Å². The minimum Gasteiger partial charge on any atom is -0.384 e. The predicted molar refractivity (Wildman–Crippen MR) is 147 cm³/mol. The average molecular weight is 512 g/mol. The molecule has 4 nitrogen and oxygen atoms in total. The molecular formula is C32H31F2N3O. The molecule has 0 radical (unpaired) electrons. The van der Waals surface area contributed by atoms with Crippen LogP contribution in [0.4, 0.5) is 14.6 Å². The lowest BCUT2D eigenvalue weighted by Crippen LogP contribution is -2.25. The third-order valence-corrected chi connectivity index (χ3v) is 7.41. The summed E-state index contributed by atoms with van der Waals surface area (Å²) >= 11 is 0. The molecule has 6 heteroatoms. The molecule has 0 fully saturated rings. The Bertz CT molecular complexity index is 1550. The Hall–Kier alpha value is -4.06. The third kappa shape index (κ3) is 4.91. The fourth-order valence-corrected chi connectivity index (χ4v) is 5.47. The Morgan fingerprint density at radius 1 is 0.947 bits per heavy atom.